The first-order valence-corrected chi connectivity index (χ1v) is 13.8. The molecule has 0 spiro atoms. The summed E-state index contributed by atoms with van der Waals surface area (Å²) in [5, 5.41) is 14.1. The average Bonchev–Trinajstić information content (AvgIpc) is 3.27. The fourth-order valence-electron chi connectivity index (χ4n) is 5.25. The van der Waals surface area contributed by atoms with Gasteiger partial charge < -0.3 is 19.9 Å². The number of aliphatic hydroxyl groups excluding tert-OH is 1. The number of aliphatic hydroxyl groups is 1. The topological polar surface area (TPSA) is 67.8 Å². The normalized spacial score (nSPS) is 15.6. The molecule has 2 aromatic rings. The van der Waals surface area contributed by atoms with Crippen LogP contribution in [0.5, 0.6) is 0 Å². The molecule has 0 heterocycles. The molecule has 2 N–H and O–H groups in total. The highest BCUT2D eigenvalue weighted by molar-refractivity contribution is 5.69. The number of hydrogen-bond donors (Lipinski definition) is 2. The van der Waals surface area contributed by atoms with Crippen LogP contribution in [0.1, 0.15) is 80.9 Å². The third-order valence-electron chi connectivity index (χ3n) is 7.21. The van der Waals surface area contributed by atoms with Crippen LogP contribution in [0.15, 0.2) is 42.5 Å². The van der Waals surface area contributed by atoms with Gasteiger partial charge in [-0.2, -0.15) is 0 Å². The van der Waals surface area contributed by atoms with Crippen LogP contribution in [0.2, 0.25) is 0 Å². The number of allylic oxidation sites excluding steroid dienone is 1. The first kappa shape index (κ1) is 30.0. The number of carbonyl (C=O) groups excluding carboxylic acids is 1. The van der Waals surface area contributed by atoms with Gasteiger partial charge in [-0.3, -0.25) is 4.79 Å². The number of aryl methyl sites for hydroxylation is 1. The summed E-state index contributed by atoms with van der Waals surface area (Å²) in [6, 6.07) is 12.0. The molecular weight excluding hydrogens is 481 g/mol. The van der Waals surface area contributed by atoms with Crippen molar-refractivity contribution < 1.29 is 23.8 Å². The lowest BCUT2D eigenvalue weighted by atomic mass is 9.88. The number of benzene rings is 2. The minimum Gasteiger partial charge on any atom is -0.466 e. The third kappa shape index (κ3) is 9.04. The predicted molar refractivity (Wildman–Crippen MR) is 150 cm³/mol. The molecule has 0 saturated heterocycles. The second-order valence-corrected chi connectivity index (χ2v) is 11.1. The van der Waals surface area contributed by atoms with Crippen molar-refractivity contribution in [2.45, 2.75) is 84.5 Å². The van der Waals surface area contributed by atoms with Crippen molar-refractivity contribution in [3.05, 3.63) is 76.1 Å². The monoisotopic (exact) mass is 525 g/mol. The standard InChI is InChI=1S/C32H44FNO4/c1-6-37-31(36)14-10-9-13-27-15-22(2)30(33)18-29(27)23(3)38-21-28(35)20-34-32(4,5)19-24-16-25-11-7-8-12-26(25)17-24/h7-9,11-13,15,18,23-24,28,34-35H,6,10,14,16-17,19-21H2,1-5H3/t23-,28-/m1/s1. The number of halogens is 1. The predicted octanol–water partition coefficient (Wildman–Crippen LogP) is 6.10. The van der Waals surface area contributed by atoms with Gasteiger partial charge in [-0.1, -0.05) is 36.4 Å². The summed E-state index contributed by atoms with van der Waals surface area (Å²) < 4.78 is 25.3. The van der Waals surface area contributed by atoms with E-state index in [0.29, 0.717) is 43.0 Å². The zero-order valence-corrected chi connectivity index (χ0v) is 23.6. The average molecular weight is 526 g/mol. The van der Waals surface area contributed by atoms with Gasteiger partial charge in [0.15, 0.2) is 0 Å². The highest BCUT2D eigenvalue weighted by Gasteiger charge is 2.28. The smallest absolute Gasteiger partial charge is 0.306 e. The van der Waals surface area contributed by atoms with Crippen molar-refractivity contribution in [3.63, 3.8) is 0 Å². The van der Waals surface area contributed by atoms with Crippen LogP contribution < -0.4 is 5.32 Å². The molecule has 2 atom stereocenters. The lowest BCUT2D eigenvalue weighted by Gasteiger charge is -2.31. The highest BCUT2D eigenvalue weighted by atomic mass is 19.1. The molecule has 0 bridgehead atoms. The van der Waals surface area contributed by atoms with Crippen LogP contribution in [0, 0.1) is 18.7 Å². The van der Waals surface area contributed by atoms with Gasteiger partial charge in [0.1, 0.15) is 5.82 Å². The number of ether oxygens (including phenoxy) is 2. The van der Waals surface area contributed by atoms with Gasteiger partial charge in [0.05, 0.1) is 25.4 Å². The molecular formula is C32H44FNO4. The van der Waals surface area contributed by atoms with E-state index >= 15 is 0 Å². The molecule has 208 valence electrons. The Balaban J connectivity index is 1.49. The summed E-state index contributed by atoms with van der Waals surface area (Å²) in [4.78, 5) is 11.6. The summed E-state index contributed by atoms with van der Waals surface area (Å²) >= 11 is 0. The minimum atomic E-state index is -0.684. The minimum absolute atomic E-state index is 0.110. The number of fused-ring (bicyclic) bond motifs is 1. The zero-order valence-electron chi connectivity index (χ0n) is 23.6. The maximum atomic E-state index is 14.4. The van der Waals surface area contributed by atoms with Crippen LogP contribution in [-0.2, 0) is 27.1 Å². The SMILES string of the molecule is CCOC(=O)CCC=Cc1cc(C)c(F)cc1[C@@H](C)OC[C@H](O)CNC(C)(C)CC1Cc2ccccc2C1. The largest absolute Gasteiger partial charge is 0.466 e. The summed E-state index contributed by atoms with van der Waals surface area (Å²) in [6.45, 7) is 10.7. The van der Waals surface area contributed by atoms with Crippen LogP contribution >= 0.6 is 0 Å². The number of esters is 1. The molecule has 0 unspecified atom stereocenters. The molecule has 6 heteroatoms. The third-order valence-corrected chi connectivity index (χ3v) is 7.21. The fraction of sp³-hybridized carbons (Fsp3) is 0.531. The van der Waals surface area contributed by atoms with E-state index < -0.39 is 12.2 Å². The van der Waals surface area contributed by atoms with Gasteiger partial charge >= 0.3 is 5.97 Å². The van der Waals surface area contributed by atoms with E-state index in [1.807, 2.05) is 19.1 Å². The Morgan fingerprint density at radius 2 is 1.92 bits per heavy atom. The number of β-amino-alcohol motifs (C(OH)–C–C–N with tert-alkyl or cyclic N) is 1. The maximum absolute atomic E-state index is 14.4. The second kappa shape index (κ2) is 14.0. The molecule has 1 aliphatic rings. The van der Waals surface area contributed by atoms with E-state index in [-0.39, 0.29) is 23.9 Å². The van der Waals surface area contributed by atoms with Gasteiger partial charge in [-0.05, 0) is 106 Å². The van der Waals surface area contributed by atoms with Crippen LogP contribution in [0.3, 0.4) is 0 Å². The Kier molecular flexibility index (Phi) is 11.1. The van der Waals surface area contributed by atoms with Crippen molar-refractivity contribution in [1.29, 1.82) is 0 Å². The Labute approximate surface area is 227 Å². The number of rotatable bonds is 14. The van der Waals surface area contributed by atoms with Gasteiger partial charge in [-0.15, -0.1) is 0 Å². The van der Waals surface area contributed by atoms with Crippen molar-refractivity contribution in [3.8, 4) is 0 Å². The molecule has 1 aliphatic carbocycles. The first-order valence-electron chi connectivity index (χ1n) is 13.8. The van der Waals surface area contributed by atoms with Crippen molar-refractivity contribution >= 4 is 12.0 Å². The molecule has 3 rings (SSSR count). The summed E-state index contributed by atoms with van der Waals surface area (Å²) in [6.07, 6.45) is 6.78. The molecule has 38 heavy (non-hydrogen) atoms. The number of nitrogens with one attached hydrogen (secondary N) is 1. The van der Waals surface area contributed by atoms with E-state index in [0.717, 1.165) is 24.8 Å². The molecule has 0 fully saturated rings. The maximum Gasteiger partial charge on any atom is 0.306 e. The second-order valence-electron chi connectivity index (χ2n) is 11.1. The molecule has 0 amide bonds. The van der Waals surface area contributed by atoms with E-state index in [2.05, 4.69) is 43.4 Å². The molecule has 5 nitrogen and oxygen atoms in total. The molecule has 0 aliphatic heterocycles. The van der Waals surface area contributed by atoms with E-state index in [9.17, 15) is 14.3 Å². The molecule has 0 aromatic heterocycles. The van der Waals surface area contributed by atoms with Crippen molar-refractivity contribution in [2.24, 2.45) is 5.92 Å². The highest BCUT2D eigenvalue weighted by Crippen LogP contribution is 2.32. The molecule has 2 aromatic carbocycles. The Bertz CT molecular complexity index is 1070. The van der Waals surface area contributed by atoms with E-state index in [1.165, 1.54) is 17.2 Å². The van der Waals surface area contributed by atoms with Gasteiger partial charge in [0, 0.05) is 18.5 Å². The Morgan fingerprint density at radius 1 is 1.24 bits per heavy atom. The quantitative estimate of drug-likeness (QED) is 0.292. The lowest BCUT2D eigenvalue weighted by molar-refractivity contribution is -0.143. The molecule has 0 radical (unpaired) electrons. The van der Waals surface area contributed by atoms with Crippen LogP contribution in [0.25, 0.3) is 6.08 Å². The number of carbonyl (C=O) groups is 1. The van der Waals surface area contributed by atoms with Crippen LogP contribution in [-0.4, -0.2) is 42.5 Å². The Morgan fingerprint density at radius 3 is 2.58 bits per heavy atom. The van der Waals surface area contributed by atoms with Gasteiger partial charge in [-0.25, -0.2) is 4.39 Å². The van der Waals surface area contributed by atoms with E-state index in [4.69, 9.17) is 9.47 Å². The lowest BCUT2D eigenvalue weighted by Crippen LogP contribution is -2.45. The van der Waals surface area contributed by atoms with Gasteiger partial charge in [0.2, 0.25) is 0 Å². The Hall–Kier alpha value is -2.54. The summed E-state index contributed by atoms with van der Waals surface area (Å²) in [7, 11) is 0. The summed E-state index contributed by atoms with van der Waals surface area (Å²) in [5.74, 6) is 0.0733. The first-order chi connectivity index (χ1) is 18.1. The van der Waals surface area contributed by atoms with Crippen molar-refractivity contribution in [2.75, 3.05) is 19.8 Å². The van der Waals surface area contributed by atoms with Gasteiger partial charge in [0.25, 0.3) is 0 Å². The zero-order chi connectivity index (χ0) is 27.7. The fourth-order valence-corrected chi connectivity index (χ4v) is 5.25. The van der Waals surface area contributed by atoms with E-state index in [1.54, 1.807) is 19.9 Å². The number of hydrogen-bond acceptors (Lipinski definition) is 5. The van der Waals surface area contributed by atoms with Crippen molar-refractivity contribution in [1.82, 2.24) is 5.32 Å². The molecule has 0 saturated carbocycles. The summed E-state index contributed by atoms with van der Waals surface area (Å²) in [5.41, 5.74) is 4.89. The van der Waals surface area contributed by atoms with Crippen LogP contribution in [0.4, 0.5) is 4.39 Å².